The number of carbonyl (C=O) groups is 1. The maximum Gasteiger partial charge on any atom is 0.314 e. The molecule has 3 rings (SSSR count). The zero-order chi connectivity index (χ0) is 19.4. The van der Waals surface area contributed by atoms with E-state index in [4.69, 9.17) is 9.47 Å². The van der Waals surface area contributed by atoms with E-state index in [-0.39, 0.29) is 5.91 Å². The van der Waals surface area contributed by atoms with Crippen molar-refractivity contribution in [3.8, 4) is 23.1 Å². The van der Waals surface area contributed by atoms with Crippen molar-refractivity contribution in [2.45, 2.75) is 6.54 Å². The van der Waals surface area contributed by atoms with Gasteiger partial charge in [0.05, 0.1) is 14.2 Å². The van der Waals surface area contributed by atoms with Crippen LogP contribution in [0.1, 0.15) is 15.9 Å². The smallest absolute Gasteiger partial charge is 0.314 e. The van der Waals surface area contributed by atoms with Crippen molar-refractivity contribution in [3.05, 3.63) is 59.7 Å². The van der Waals surface area contributed by atoms with Gasteiger partial charge in [-0.2, -0.15) is 4.98 Å². The standard InChI is InChI=1S/C20H22N4O3/c1-23(13-16-8-5-6-11-17(16)26-3)19(25)15-10-7-9-14(12-15)18-21-20(27-4)24(2)22-18/h5-12H,13H2,1-4H3. The minimum atomic E-state index is -0.0920. The lowest BCUT2D eigenvalue weighted by molar-refractivity contribution is 0.0784. The van der Waals surface area contributed by atoms with Gasteiger partial charge in [-0.05, 0) is 18.2 Å². The summed E-state index contributed by atoms with van der Waals surface area (Å²) in [5.74, 6) is 1.18. The molecule has 0 N–H and O–H groups in total. The average Bonchev–Trinajstić information content (AvgIpc) is 3.08. The fourth-order valence-corrected chi connectivity index (χ4v) is 2.84. The summed E-state index contributed by atoms with van der Waals surface area (Å²) in [5.41, 5.74) is 2.27. The number of hydrogen-bond donors (Lipinski definition) is 0. The van der Waals surface area contributed by atoms with E-state index in [2.05, 4.69) is 10.1 Å². The molecule has 3 aromatic rings. The van der Waals surface area contributed by atoms with Gasteiger partial charge >= 0.3 is 6.01 Å². The highest BCUT2D eigenvalue weighted by atomic mass is 16.5. The average molecular weight is 366 g/mol. The zero-order valence-electron chi connectivity index (χ0n) is 15.8. The van der Waals surface area contributed by atoms with Crippen LogP contribution in [0.15, 0.2) is 48.5 Å². The van der Waals surface area contributed by atoms with Crippen molar-refractivity contribution in [2.75, 3.05) is 21.3 Å². The molecular weight excluding hydrogens is 344 g/mol. The third kappa shape index (κ3) is 3.92. The molecule has 0 spiro atoms. The van der Waals surface area contributed by atoms with E-state index < -0.39 is 0 Å². The van der Waals surface area contributed by atoms with E-state index in [9.17, 15) is 4.79 Å². The van der Waals surface area contributed by atoms with Crippen LogP contribution in [0.4, 0.5) is 0 Å². The van der Waals surface area contributed by atoms with Crippen molar-refractivity contribution >= 4 is 5.91 Å². The number of para-hydroxylation sites is 1. The second-order valence-corrected chi connectivity index (χ2v) is 6.10. The van der Waals surface area contributed by atoms with Gasteiger partial charge in [0.1, 0.15) is 5.75 Å². The second kappa shape index (κ2) is 7.90. The first-order valence-electron chi connectivity index (χ1n) is 8.46. The Labute approximate surface area is 158 Å². The van der Waals surface area contributed by atoms with Crippen LogP contribution in [0.3, 0.4) is 0 Å². The molecule has 0 atom stereocenters. The molecule has 1 aromatic heterocycles. The molecule has 0 bridgehead atoms. The van der Waals surface area contributed by atoms with Crippen LogP contribution in [0.5, 0.6) is 11.8 Å². The summed E-state index contributed by atoms with van der Waals surface area (Å²) in [6.45, 7) is 0.447. The van der Waals surface area contributed by atoms with Crippen molar-refractivity contribution in [2.24, 2.45) is 7.05 Å². The first-order valence-corrected chi connectivity index (χ1v) is 8.46. The molecule has 0 unspecified atom stereocenters. The molecule has 7 nitrogen and oxygen atoms in total. The highest BCUT2D eigenvalue weighted by Gasteiger charge is 2.16. The number of carbonyl (C=O) groups excluding carboxylic acids is 1. The van der Waals surface area contributed by atoms with Gasteiger partial charge in [-0.1, -0.05) is 30.3 Å². The number of hydrogen-bond acceptors (Lipinski definition) is 5. The first kappa shape index (κ1) is 18.4. The maximum absolute atomic E-state index is 12.9. The summed E-state index contributed by atoms with van der Waals surface area (Å²) in [7, 11) is 6.69. The van der Waals surface area contributed by atoms with E-state index in [0.29, 0.717) is 23.9 Å². The van der Waals surface area contributed by atoms with Gasteiger partial charge in [0.2, 0.25) is 0 Å². The van der Waals surface area contributed by atoms with Crippen LogP contribution in [0, 0.1) is 0 Å². The van der Waals surface area contributed by atoms with Crippen LogP contribution in [0.25, 0.3) is 11.4 Å². The molecule has 140 valence electrons. The zero-order valence-corrected chi connectivity index (χ0v) is 15.8. The molecule has 0 aliphatic rings. The van der Waals surface area contributed by atoms with Gasteiger partial charge in [-0.3, -0.25) is 4.79 Å². The monoisotopic (exact) mass is 366 g/mol. The molecule has 0 aliphatic carbocycles. The highest BCUT2D eigenvalue weighted by molar-refractivity contribution is 5.95. The van der Waals surface area contributed by atoms with Crippen molar-refractivity contribution < 1.29 is 14.3 Å². The topological polar surface area (TPSA) is 69.5 Å². The Morgan fingerprint density at radius 3 is 2.59 bits per heavy atom. The summed E-state index contributed by atoms with van der Waals surface area (Å²) in [4.78, 5) is 18.9. The minimum Gasteiger partial charge on any atom is -0.496 e. The lowest BCUT2D eigenvalue weighted by Gasteiger charge is -2.19. The molecule has 2 aromatic carbocycles. The molecule has 0 saturated carbocycles. The second-order valence-electron chi connectivity index (χ2n) is 6.10. The van der Waals surface area contributed by atoms with Gasteiger partial charge in [0, 0.05) is 37.3 Å². The summed E-state index contributed by atoms with van der Waals surface area (Å²) < 4.78 is 12.1. The fraction of sp³-hybridized carbons (Fsp3) is 0.250. The Hall–Kier alpha value is -3.35. The van der Waals surface area contributed by atoms with Crippen molar-refractivity contribution in [3.63, 3.8) is 0 Å². The van der Waals surface area contributed by atoms with E-state index >= 15 is 0 Å². The number of nitrogens with zero attached hydrogens (tertiary/aromatic N) is 4. The van der Waals surface area contributed by atoms with Crippen molar-refractivity contribution in [1.82, 2.24) is 19.7 Å². The lowest BCUT2D eigenvalue weighted by Crippen LogP contribution is -2.26. The molecule has 7 heteroatoms. The van der Waals surface area contributed by atoms with E-state index in [1.54, 1.807) is 50.0 Å². The van der Waals surface area contributed by atoms with Crippen LogP contribution >= 0.6 is 0 Å². The number of aryl methyl sites for hydroxylation is 1. The quantitative estimate of drug-likeness (QED) is 0.671. The number of rotatable bonds is 6. The van der Waals surface area contributed by atoms with Crippen LogP contribution in [-0.2, 0) is 13.6 Å². The normalized spacial score (nSPS) is 10.5. The molecular formula is C20H22N4O3. The predicted molar refractivity (Wildman–Crippen MR) is 102 cm³/mol. The molecule has 27 heavy (non-hydrogen) atoms. The van der Waals surface area contributed by atoms with Gasteiger partial charge in [0.25, 0.3) is 5.91 Å². The Bertz CT molecular complexity index is 952. The van der Waals surface area contributed by atoms with Gasteiger partial charge < -0.3 is 14.4 Å². The van der Waals surface area contributed by atoms with Crippen molar-refractivity contribution in [1.29, 1.82) is 0 Å². The minimum absolute atomic E-state index is 0.0920. The maximum atomic E-state index is 12.9. The summed E-state index contributed by atoms with van der Waals surface area (Å²) in [6, 6.07) is 15.3. The molecule has 1 heterocycles. The van der Waals surface area contributed by atoms with E-state index in [1.807, 2.05) is 36.4 Å². The van der Waals surface area contributed by atoms with Gasteiger partial charge in [0.15, 0.2) is 5.82 Å². The molecule has 0 aliphatic heterocycles. The number of benzene rings is 2. The van der Waals surface area contributed by atoms with Gasteiger partial charge in [-0.15, -0.1) is 5.10 Å². The Balaban J connectivity index is 1.82. The summed E-state index contributed by atoms with van der Waals surface area (Å²) in [5, 5.41) is 4.33. The molecule has 0 radical (unpaired) electrons. The van der Waals surface area contributed by atoms with Gasteiger partial charge in [-0.25, -0.2) is 4.68 Å². The largest absolute Gasteiger partial charge is 0.496 e. The van der Waals surface area contributed by atoms with Crippen LogP contribution in [-0.4, -0.2) is 46.8 Å². The molecule has 0 fully saturated rings. The fourth-order valence-electron chi connectivity index (χ4n) is 2.84. The van der Waals surface area contributed by atoms with E-state index in [1.165, 1.54) is 0 Å². The number of methoxy groups -OCH3 is 2. The van der Waals surface area contributed by atoms with Crippen LogP contribution in [0.2, 0.25) is 0 Å². The molecule has 1 amide bonds. The number of amides is 1. The SMILES string of the molecule is COc1ccccc1CN(C)C(=O)c1cccc(-c2nc(OC)n(C)n2)c1. The van der Waals surface area contributed by atoms with E-state index in [0.717, 1.165) is 16.9 Å². The predicted octanol–water partition coefficient (Wildman–Crippen LogP) is 2.77. The summed E-state index contributed by atoms with van der Waals surface area (Å²) in [6.07, 6.45) is 0. The Morgan fingerprint density at radius 2 is 1.89 bits per heavy atom. The third-order valence-electron chi connectivity index (χ3n) is 4.22. The summed E-state index contributed by atoms with van der Waals surface area (Å²) >= 11 is 0. The number of ether oxygens (including phenoxy) is 2. The third-order valence-corrected chi connectivity index (χ3v) is 4.22. The molecule has 0 saturated heterocycles. The Morgan fingerprint density at radius 1 is 1.11 bits per heavy atom. The number of aromatic nitrogens is 3. The Kier molecular flexibility index (Phi) is 5.40. The lowest BCUT2D eigenvalue weighted by atomic mass is 10.1. The highest BCUT2D eigenvalue weighted by Crippen LogP contribution is 2.22. The first-order chi connectivity index (χ1) is 13.0. The van der Waals surface area contributed by atoms with Crippen LogP contribution < -0.4 is 9.47 Å².